The summed E-state index contributed by atoms with van der Waals surface area (Å²) in [4.78, 5) is 12.4. The second-order valence-electron chi connectivity index (χ2n) is 6.03. The highest BCUT2D eigenvalue weighted by Gasteiger charge is 2.18. The molecule has 0 radical (unpaired) electrons. The molecule has 1 heterocycles. The first-order valence-corrected chi connectivity index (χ1v) is 8.15. The molecule has 1 aromatic heterocycles. The first-order valence-electron chi connectivity index (χ1n) is 8.15. The van der Waals surface area contributed by atoms with Gasteiger partial charge >= 0.3 is 0 Å². The van der Waals surface area contributed by atoms with E-state index in [2.05, 4.69) is 10.4 Å². The zero-order valence-corrected chi connectivity index (χ0v) is 14.8. The van der Waals surface area contributed by atoms with E-state index in [4.69, 9.17) is 10.5 Å². The van der Waals surface area contributed by atoms with Crippen LogP contribution in [-0.2, 0) is 18.3 Å². The third-order valence-electron chi connectivity index (χ3n) is 4.13. The molecule has 0 aliphatic heterocycles. The van der Waals surface area contributed by atoms with Crippen molar-refractivity contribution in [2.75, 3.05) is 18.5 Å². The normalized spacial score (nSPS) is 12.0. The Bertz CT molecular complexity index is 692. The molecule has 24 heavy (non-hydrogen) atoms. The van der Waals surface area contributed by atoms with E-state index in [9.17, 15) is 4.79 Å². The molecule has 130 valence electrons. The monoisotopic (exact) mass is 330 g/mol. The Morgan fingerprint density at radius 2 is 2.00 bits per heavy atom. The molecule has 0 aliphatic carbocycles. The van der Waals surface area contributed by atoms with Crippen molar-refractivity contribution >= 4 is 11.6 Å². The number of nitrogens with zero attached hydrogens (tertiary/aromatic N) is 2. The van der Waals surface area contributed by atoms with E-state index in [1.54, 1.807) is 0 Å². The fourth-order valence-electron chi connectivity index (χ4n) is 2.59. The predicted molar refractivity (Wildman–Crippen MR) is 95.2 cm³/mol. The first-order chi connectivity index (χ1) is 11.4. The molecule has 6 nitrogen and oxygen atoms in total. The molecular formula is C18H26N4O2. The maximum atomic E-state index is 12.4. The fraction of sp³-hybridized carbons (Fsp3) is 0.444. The van der Waals surface area contributed by atoms with E-state index >= 15 is 0 Å². The second-order valence-corrected chi connectivity index (χ2v) is 6.03. The summed E-state index contributed by atoms with van der Waals surface area (Å²) < 4.78 is 7.28. The third-order valence-corrected chi connectivity index (χ3v) is 4.13. The van der Waals surface area contributed by atoms with Crippen LogP contribution >= 0.6 is 0 Å². The standard InChI is InChI=1S/C18H26N4O2/c1-12(11-17-13(2)21-22(4)14(17)3)18(23)20-15-5-7-16(8-6-15)24-10-9-19/h5-8,12H,9-11,19H2,1-4H3,(H,20,23). The lowest BCUT2D eigenvalue weighted by molar-refractivity contribution is -0.119. The Labute approximate surface area is 143 Å². The molecule has 1 aromatic carbocycles. The summed E-state index contributed by atoms with van der Waals surface area (Å²) in [6.07, 6.45) is 0.676. The number of hydrogen-bond acceptors (Lipinski definition) is 4. The fourth-order valence-corrected chi connectivity index (χ4v) is 2.59. The van der Waals surface area contributed by atoms with Crippen LogP contribution in [0.15, 0.2) is 24.3 Å². The quantitative estimate of drug-likeness (QED) is 0.815. The molecule has 1 amide bonds. The third kappa shape index (κ3) is 4.35. The van der Waals surface area contributed by atoms with Crippen LogP contribution in [0.2, 0.25) is 0 Å². The van der Waals surface area contributed by atoms with Crippen molar-refractivity contribution in [3.05, 3.63) is 41.2 Å². The van der Waals surface area contributed by atoms with E-state index in [0.717, 1.165) is 28.4 Å². The number of hydrogen-bond donors (Lipinski definition) is 2. The van der Waals surface area contributed by atoms with Gasteiger partial charge in [-0.15, -0.1) is 0 Å². The molecule has 2 rings (SSSR count). The summed E-state index contributed by atoms with van der Waals surface area (Å²) in [5, 5.41) is 7.35. The largest absolute Gasteiger partial charge is 0.492 e. The SMILES string of the molecule is Cc1nn(C)c(C)c1CC(C)C(=O)Nc1ccc(OCCN)cc1. The highest BCUT2D eigenvalue weighted by molar-refractivity contribution is 5.92. The number of carbonyl (C=O) groups excluding carboxylic acids is 1. The van der Waals surface area contributed by atoms with Crippen molar-refractivity contribution in [2.24, 2.45) is 18.7 Å². The Balaban J connectivity index is 1.96. The number of benzene rings is 1. The number of anilines is 1. The minimum absolute atomic E-state index is 0.00622. The lowest BCUT2D eigenvalue weighted by atomic mass is 9.99. The van der Waals surface area contributed by atoms with E-state index < -0.39 is 0 Å². The molecule has 0 saturated heterocycles. The minimum Gasteiger partial charge on any atom is -0.492 e. The summed E-state index contributed by atoms with van der Waals surface area (Å²) in [5.74, 6) is 0.598. The molecular weight excluding hydrogens is 304 g/mol. The van der Waals surface area contributed by atoms with Gasteiger partial charge in [0.25, 0.3) is 0 Å². The number of aromatic nitrogens is 2. The second kappa shape index (κ2) is 7.97. The topological polar surface area (TPSA) is 82.2 Å². The van der Waals surface area contributed by atoms with Gasteiger partial charge in [0.05, 0.1) is 5.69 Å². The van der Waals surface area contributed by atoms with Gasteiger partial charge in [-0.1, -0.05) is 6.92 Å². The van der Waals surface area contributed by atoms with Gasteiger partial charge in [0, 0.05) is 30.9 Å². The van der Waals surface area contributed by atoms with E-state index in [1.165, 1.54) is 0 Å². The Hall–Kier alpha value is -2.34. The minimum atomic E-state index is -0.139. The van der Waals surface area contributed by atoms with Gasteiger partial charge in [-0.25, -0.2) is 0 Å². The van der Waals surface area contributed by atoms with Gasteiger partial charge in [-0.05, 0) is 50.1 Å². The van der Waals surface area contributed by atoms with Gasteiger partial charge in [-0.2, -0.15) is 5.10 Å². The maximum Gasteiger partial charge on any atom is 0.227 e. The Morgan fingerprint density at radius 3 is 2.54 bits per heavy atom. The van der Waals surface area contributed by atoms with Crippen LogP contribution < -0.4 is 15.8 Å². The number of ether oxygens (including phenoxy) is 1. The average molecular weight is 330 g/mol. The highest BCUT2D eigenvalue weighted by Crippen LogP contribution is 2.19. The van der Waals surface area contributed by atoms with Crippen LogP contribution in [0.5, 0.6) is 5.75 Å². The molecule has 6 heteroatoms. The van der Waals surface area contributed by atoms with E-state index in [0.29, 0.717) is 19.6 Å². The number of amides is 1. The van der Waals surface area contributed by atoms with Crippen molar-refractivity contribution in [1.82, 2.24) is 9.78 Å². The van der Waals surface area contributed by atoms with Crippen LogP contribution in [0.25, 0.3) is 0 Å². The summed E-state index contributed by atoms with van der Waals surface area (Å²) in [6, 6.07) is 7.31. The molecule has 2 aromatic rings. The number of aryl methyl sites for hydroxylation is 2. The van der Waals surface area contributed by atoms with Crippen molar-refractivity contribution in [3.8, 4) is 5.75 Å². The van der Waals surface area contributed by atoms with Gasteiger partial charge in [0.15, 0.2) is 0 Å². The summed E-state index contributed by atoms with van der Waals surface area (Å²) in [6.45, 7) is 6.89. The predicted octanol–water partition coefficient (Wildman–Crippen LogP) is 2.19. The van der Waals surface area contributed by atoms with Crippen LogP contribution in [-0.4, -0.2) is 28.8 Å². The molecule has 0 fully saturated rings. The summed E-state index contributed by atoms with van der Waals surface area (Å²) in [5.41, 5.74) is 9.39. The van der Waals surface area contributed by atoms with Crippen LogP contribution in [0, 0.1) is 19.8 Å². The molecule has 1 unspecified atom stereocenters. The molecule has 1 atom stereocenters. The average Bonchev–Trinajstić information content (AvgIpc) is 2.80. The van der Waals surface area contributed by atoms with Gasteiger partial charge in [0.2, 0.25) is 5.91 Å². The van der Waals surface area contributed by atoms with Gasteiger partial charge in [0.1, 0.15) is 12.4 Å². The summed E-state index contributed by atoms with van der Waals surface area (Å²) in [7, 11) is 1.92. The zero-order chi connectivity index (χ0) is 17.7. The van der Waals surface area contributed by atoms with Gasteiger partial charge in [-0.3, -0.25) is 9.48 Å². The zero-order valence-electron chi connectivity index (χ0n) is 14.8. The van der Waals surface area contributed by atoms with Crippen molar-refractivity contribution in [2.45, 2.75) is 27.2 Å². The number of nitrogens with two attached hydrogens (primary N) is 1. The number of nitrogens with one attached hydrogen (secondary N) is 1. The lowest BCUT2D eigenvalue weighted by Crippen LogP contribution is -2.22. The smallest absolute Gasteiger partial charge is 0.227 e. The summed E-state index contributed by atoms with van der Waals surface area (Å²) >= 11 is 0. The van der Waals surface area contributed by atoms with Crippen molar-refractivity contribution in [3.63, 3.8) is 0 Å². The molecule has 0 aliphatic rings. The highest BCUT2D eigenvalue weighted by atomic mass is 16.5. The lowest BCUT2D eigenvalue weighted by Gasteiger charge is -2.13. The van der Waals surface area contributed by atoms with Crippen LogP contribution in [0.3, 0.4) is 0 Å². The van der Waals surface area contributed by atoms with Crippen molar-refractivity contribution < 1.29 is 9.53 Å². The Morgan fingerprint density at radius 1 is 1.33 bits per heavy atom. The molecule has 3 N–H and O–H groups in total. The van der Waals surface area contributed by atoms with Gasteiger partial charge < -0.3 is 15.8 Å². The Kier molecular flexibility index (Phi) is 5.98. The number of rotatable bonds is 7. The number of carbonyl (C=O) groups is 1. The maximum absolute atomic E-state index is 12.4. The van der Waals surface area contributed by atoms with Crippen LogP contribution in [0.4, 0.5) is 5.69 Å². The van der Waals surface area contributed by atoms with E-state index in [1.807, 2.05) is 56.8 Å². The van der Waals surface area contributed by atoms with Crippen molar-refractivity contribution in [1.29, 1.82) is 0 Å². The molecule has 0 spiro atoms. The molecule has 0 bridgehead atoms. The molecule has 0 saturated carbocycles. The first kappa shape index (κ1) is 18.0. The van der Waals surface area contributed by atoms with Crippen LogP contribution in [0.1, 0.15) is 23.9 Å². The van der Waals surface area contributed by atoms with E-state index in [-0.39, 0.29) is 11.8 Å².